The highest BCUT2D eigenvalue weighted by molar-refractivity contribution is 6.22. The van der Waals surface area contributed by atoms with Crippen molar-refractivity contribution in [3.63, 3.8) is 0 Å². The number of nitrogens with zero attached hydrogens (tertiary/aromatic N) is 6. The summed E-state index contributed by atoms with van der Waals surface area (Å²) in [4.78, 5) is 23.5. The van der Waals surface area contributed by atoms with Crippen molar-refractivity contribution in [1.82, 2.24) is 20.1 Å². The molecule has 1 amide bonds. The highest BCUT2D eigenvalue weighted by Crippen LogP contribution is 2.28. The number of carbonyl (C=O) groups excluding carboxylic acids is 1. The van der Waals surface area contributed by atoms with E-state index in [1.54, 1.807) is 4.90 Å². The summed E-state index contributed by atoms with van der Waals surface area (Å²) >= 11 is 5.99. The summed E-state index contributed by atoms with van der Waals surface area (Å²) in [7, 11) is 0. The summed E-state index contributed by atoms with van der Waals surface area (Å²) in [6.45, 7) is 9.31. The third-order valence-electron chi connectivity index (χ3n) is 6.23. The smallest absolute Gasteiger partial charge is 0.274 e. The zero-order valence-electron chi connectivity index (χ0n) is 17.9. The molecule has 1 atom stereocenters. The van der Waals surface area contributed by atoms with Gasteiger partial charge in [-0.1, -0.05) is 0 Å². The van der Waals surface area contributed by atoms with Gasteiger partial charge in [0.15, 0.2) is 11.5 Å². The number of fused-ring (bicyclic) bond motifs is 1. The lowest BCUT2D eigenvalue weighted by molar-refractivity contribution is 0.0532. The second kappa shape index (κ2) is 8.24. The molecule has 8 nitrogen and oxygen atoms in total. The van der Waals surface area contributed by atoms with Gasteiger partial charge >= 0.3 is 0 Å². The van der Waals surface area contributed by atoms with Crippen molar-refractivity contribution in [2.24, 2.45) is 0 Å². The average Bonchev–Trinajstić information content (AvgIpc) is 2.75. The Morgan fingerprint density at radius 2 is 2.00 bits per heavy atom. The number of halogens is 1. The number of hydrogen-bond acceptors (Lipinski definition) is 7. The highest BCUT2D eigenvalue weighted by Gasteiger charge is 2.31. The molecule has 2 saturated heterocycles. The van der Waals surface area contributed by atoms with Crippen LogP contribution in [0.15, 0.2) is 18.3 Å². The average molecular weight is 443 g/mol. The Balaban J connectivity index is 1.33. The van der Waals surface area contributed by atoms with Crippen LogP contribution in [0, 0.1) is 6.92 Å². The third-order valence-corrected chi connectivity index (χ3v) is 6.51. The first-order chi connectivity index (χ1) is 15.0. The monoisotopic (exact) mass is 442 g/mol. The molecule has 2 fully saturated rings. The number of likely N-dealkylation sites (tertiary alicyclic amines) is 1. The van der Waals surface area contributed by atoms with E-state index in [2.05, 4.69) is 33.0 Å². The molecule has 2 aromatic rings. The third kappa shape index (κ3) is 4.06. The van der Waals surface area contributed by atoms with Crippen molar-refractivity contribution in [2.45, 2.75) is 38.3 Å². The molecule has 5 heterocycles. The lowest BCUT2D eigenvalue weighted by Crippen LogP contribution is -2.51. The molecule has 0 saturated carbocycles. The first-order valence-corrected chi connectivity index (χ1v) is 11.3. The maximum Gasteiger partial charge on any atom is 0.274 e. The van der Waals surface area contributed by atoms with Gasteiger partial charge < -0.3 is 19.4 Å². The number of aromatic nitrogens is 3. The number of morpholine rings is 1. The van der Waals surface area contributed by atoms with Gasteiger partial charge in [-0.3, -0.25) is 9.78 Å². The van der Waals surface area contributed by atoms with Crippen LogP contribution >= 0.6 is 11.6 Å². The van der Waals surface area contributed by atoms with Crippen LogP contribution in [0.1, 0.15) is 34.2 Å². The zero-order valence-corrected chi connectivity index (χ0v) is 18.7. The summed E-state index contributed by atoms with van der Waals surface area (Å²) in [6, 6.07) is 4.09. The quantitative estimate of drug-likeness (QED) is 0.673. The van der Waals surface area contributed by atoms with Gasteiger partial charge in [-0.2, -0.15) is 0 Å². The molecule has 2 aromatic heterocycles. The number of ether oxygens (including phenoxy) is 1. The van der Waals surface area contributed by atoms with Gasteiger partial charge in [0.25, 0.3) is 5.91 Å². The number of alkyl halides is 1. The minimum Gasteiger partial charge on any atom is -0.375 e. The molecule has 0 aromatic carbocycles. The van der Waals surface area contributed by atoms with Crippen LogP contribution in [0.2, 0.25) is 0 Å². The van der Waals surface area contributed by atoms with Gasteiger partial charge in [0.1, 0.15) is 0 Å². The van der Waals surface area contributed by atoms with E-state index in [1.807, 2.05) is 19.2 Å². The molecule has 0 spiro atoms. The van der Waals surface area contributed by atoms with Gasteiger partial charge in [0.05, 0.1) is 30.0 Å². The molecular formula is C22H27ClN6O2. The maximum absolute atomic E-state index is 12.5. The van der Waals surface area contributed by atoms with Crippen molar-refractivity contribution in [3.05, 3.63) is 40.8 Å². The molecule has 0 N–H and O–H groups in total. The molecule has 0 aliphatic carbocycles. The number of rotatable bonds is 3. The highest BCUT2D eigenvalue weighted by atomic mass is 35.5. The summed E-state index contributed by atoms with van der Waals surface area (Å²) in [5, 5.41) is 8.71. The number of pyridine rings is 1. The van der Waals surface area contributed by atoms with Gasteiger partial charge in [-0.25, -0.2) is 0 Å². The van der Waals surface area contributed by atoms with Crippen LogP contribution in [0.3, 0.4) is 0 Å². The van der Waals surface area contributed by atoms with Crippen molar-refractivity contribution in [1.29, 1.82) is 0 Å². The van der Waals surface area contributed by atoms with E-state index in [4.69, 9.17) is 21.3 Å². The molecule has 3 aliphatic heterocycles. The first kappa shape index (κ1) is 20.5. The molecule has 9 heteroatoms. The molecule has 31 heavy (non-hydrogen) atoms. The minimum absolute atomic E-state index is 0.0462. The molecule has 0 bridgehead atoms. The molecule has 0 unspecified atom stereocenters. The van der Waals surface area contributed by atoms with E-state index < -0.39 is 0 Å². The van der Waals surface area contributed by atoms with Gasteiger partial charge in [0, 0.05) is 51.4 Å². The molecule has 164 valence electrons. The summed E-state index contributed by atoms with van der Waals surface area (Å²) in [5.41, 5.74) is 4.85. The van der Waals surface area contributed by atoms with E-state index in [1.165, 1.54) is 5.56 Å². The van der Waals surface area contributed by atoms with Crippen LogP contribution < -0.4 is 9.80 Å². The van der Waals surface area contributed by atoms with Crippen LogP contribution in [0.4, 0.5) is 11.5 Å². The number of amides is 1. The fraction of sp³-hybridized carbons (Fsp3) is 0.545. The Bertz CT molecular complexity index is 996. The first-order valence-electron chi connectivity index (χ1n) is 10.8. The standard InChI is InChI=1S/C22H27ClN6O2/c1-14-7-20(22(30)29-12-17(23)13-29)25-26-21(14)28-4-3-19-16(11-28)8-18(9-24-19)27-5-6-31-15(2)10-27/h7-9,15,17H,3-6,10-13H2,1-2H3/t15-/m1/s1. The van der Waals surface area contributed by atoms with Crippen LogP contribution in [0.5, 0.6) is 0 Å². The normalized spacial score (nSPS) is 21.6. The fourth-order valence-corrected chi connectivity index (χ4v) is 4.80. The lowest BCUT2D eigenvalue weighted by atomic mass is 10.0. The van der Waals surface area contributed by atoms with Crippen LogP contribution in [-0.2, 0) is 17.7 Å². The molecule has 3 aliphatic rings. The van der Waals surface area contributed by atoms with Crippen molar-refractivity contribution in [3.8, 4) is 0 Å². The van der Waals surface area contributed by atoms with E-state index >= 15 is 0 Å². The number of aryl methyl sites for hydroxylation is 1. The largest absolute Gasteiger partial charge is 0.375 e. The predicted molar refractivity (Wildman–Crippen MR) is 119 cm³/mol. The van der Waals surface area contributed by atoms with Gasteiger partial charge in [-0.05, 0) is 37.1 Å². The number of anilines is 2. The fourth-order valence-electron chi connectivity index (χ4n) is 4.47. The van der Waals surface area contributed by atoms with Crippen LogP contribution in [-0.4, -0.2) is 76.8 Å². The van der Waals surface area contributed by atoms with E-state index in [0.717, 1.165) is 62.0 Å². The Kier molecular flexibility index (Phi) is 5.44. The minimum atomic E-state index is -0.100. The maximum atomic E-state index is 12.5. The van der Waals surface area contributed by atoms with Crippen molar-refractivity contribution in [2.75, 3.05) is 49.1 Å². The lowest BCUT2D eigenvalue weighted by Gasteiger charge is -2.35. The van der Waals surface area contributed by atoms with Crippen molar-refractivity contribution < 1.29 is 9.53 Å². The Hall–Kier alpha value is -2.45. The summed E-state index contributed by atoms with van der Waals surface area (Å²) < 4.78 is 5.67. The zero-order chi connectivity index (χ0) is 21.5. The van der Waals surface area contributed by atoms with Gasteiger partial charge in [-0.15, -0.1) is 21.8 Å². The van der Waals surface area contributed by atoms with Gasteiger partial charge in [0.2, 0.25) is 0 Å². The topological polar surface area (TPSA) is 74.7 Å². The van der Waals surface area contributed by atoms with E-state index in [9.17, 15) is 4.79 Å². The SMILES string of the molecule is Cc1cc(C(=O)N2CC(Cl)C2)nnc1N1CCc2ncc(N3CCO[C@H](C)C3)cc2C1. The second-order valence-electron chi connectivity index (χ2n) is 8.64. The second-order valence-corrected chi connectivity index (χ2v) is 9.26. The predicted octanol–water partition coefficient (Wildman–Crippen LogP) is 2.03. The number of carbonyl (C=O) groups is 1. The Labute approximate surface area is 187 Å². The molecular weight excluding hydrogens is 416 g/mol. The molecule has 5 rings (SSSR count). The summed E-state index contributed by atoms with van der Waals surface area (Å²) in [5.74, 6) is 0.725. The van der Waals surface area contributed by atoms with Crippen LogP contribution in [0.25, 0.3) is 0 Å². The van der Waals surface area contributed by atoms with Crippen molar-refractivity contribution >= 4 is 29.0 Å². The van der Waals surface area contributed by atoms with E-state index in [0.29, 0.717) is 18.8 Å². The van der Waals surface area contributed by atoms with E-state index in [-0.39, 0.29) is 17.4 Å². The number of hydrogen-bond donors (Lipinski definition) is 0. The Morgan fingerprint density at radius 1 is 1.16 bits per heavy atom. The summed E-state index contributed by atoms with van der Waals surface area (Å²) in [6.07, 6.45) is 3.08. The Morgan fingerprint density at radius 3 is 2.74 bits per heavy atom. The molecule has 0 radical (unpaired) electrons.